The predicted molar refractivity (Wildman–Crippen MR) is 39.0 cm³/mol. The Kier molecular flexibility index (Phi) is 4.17. The minimum Gasteiger partial charge on any atom is -0.318 e. The average molecular weight is 205 g/mol. The van der Waals surface area contributed by atoms with E-state index >= 15 is 0 Å². The maximum Gasteiger partial charge on any atom is 0.450 e. The lowest BCUT2D eigenvalue weighted by molar-refractivity contribution is 0.168. The summed E-state index contributed by atoms with van der Waals surface area (Å²) < 4.78 is -1.40. The molecule has 0 spiro atoms. The third-order valence-corrected chi connectivity index (χ3v) is 1.24. The van der Waals surface area contributed by atoms with Crippen LogP contribution in [0.2, 0.25) is 0 Å². The molecule has 3 nitrogen and oxygen atoms in total. The summed E-state index contributed by atoms with van der Waals surface area (Å²) in [5.41, 5.74) is 0. The second-order valence-corrected chi connectivity index (χ2v) is 4.10. The number of nitrogens with one attached hydrogen (secondary N) is 1. The van der Waals surface area contributed by atoms with Crippen molar-refractivity contribution in [2.75, 3.05) is 6.54 Å². The number of halogens is 3. The van der Waals surface area contributed by atoms with Crippen LogP contribution in [0.5, 0.6) is 0 Å². The number of alkyl halides is 3. The Morgan fingerprint density at radius 2 is 1.90 bits per heavy atom. The molecule has 0 saturated carbocycles. The first-order chi connectivity index (χ1) is 4.42. The van der Waals surface area contributed by atoms with Crippen LogP contribution >= 0.6 is 34.8 Å². The van der Waals surface area contributed by atoms with Crippen LogP contribution in [0.15, 0.2) is 0 Å². The van der Waals surface area contributed by atoms with Gasteiger partial charge in [0.25, 0.3) is 0 Å². The molecule has 6 heteroatoms. The first kappa shape index (κ1) is 10.1. The Balaban J connectivity index is 3.29. The summed E-state index contributed by atoms with van der Waals surface area (Å²) in [5.74, 6) is 0. The van der Waals surface area contributed by atoms with Crippen molar-refractivity contribution in [2.24, 2.45) is 0 Å². The van der Waals surface area contributed by atoms with E-state index in [9.17, 15) is 9.90 Å². The molecule has 0 aliphatic carbocycles. The van der Waals surface area contributed by atoms with Crippen LogP contribution in [-0.4, -0.2) is 16.4 Å². The zero-order chi connectivity index (χ0) is 8.20. The highest BCUT2D eigenvalue weighted by Gasteiger charge is 2.18. The molecule has 10 heavy (non-hydrogen) atoms. The highest BCUT2D eigenvalue weighted by molar-refractivity contribution is 6.67. The molecule has 0 saturated heterocycles. The minimum atomic E-state index is -1.40. The molecule has 0 aliphatic heterocycles. The average Bonchev–Trinajstić information content (AvgIpc) is 1.59. The lowest BCUT2D eigenvalue weighted by Gasteiger charge is -2.08. The molecule has 0 atom stereocenters. The first-order valence-electron chi connectivity index (χ1n) is 2.43. The molecule has 0 rings (SSSR count). The molecule has 0 aromatic rings. The molecular weight excluding hydrogens is 200 g/mol. The van der Waals surface area contributed by atoms with Crippen molar-refractivity contribution in [1.29, 1.82) is 0 Å². The van der Waals surface area contributed by atoms with Gasteiger partial charge in [0.1, 0.15) is 0 Å². The van der Waals surface area contributed by atoms with Crippen molar-refractivity contribution < 1.29 is 9.90 Å². The Morgan fingerprint density at radius 1 is 1.40 bits per heavy atom. The topological polar surface area (TPSA) is 49.0 Å². The Labute approximate surface area is 73.2 Å². The summed E-state index contributed by atoms with van der Waals surface area (Å²) in [7, 11) is 0. The largest absolute Gasteiger partial charge is 0.450 e. The molecule has 0 bridgehead atoms. The van der Waals surface area contributed by atoms with Gasteiger partial charge in [-0.15, -0.1) is 0 Å². The molecule has 1 N–H and O–H groups in total. The van der Waals surface area contributed by atoms with Crippen LogP contribution in [0.4, 0.5) is 4.79 Å². The molecule has 59 valence electrons. The van der Waals surface area contributed by atoms with Gasteiger partial charge in [-0.1, -0.05) is 34.8 Å². The zero-order valence-corrected chi connectivity index (χ0v) is 7.13. The zero-order valence-electron chi connectivity index (χ0n) is 4.86. The van der Waals surface area contributed by atoms with Gasteiger partial charge in [-0.3, -0.25) is 0 Å². The highest BCUT2D eigenvalue weighted by atomic mass is 35.6. The SMILES string of the molecule is [O]C(=O)NCCC(Cl)(Cl)Cl. The smallest absolute Gasteiger partial charge is 0.318 e. The van der Waals surface area contributed by atoms with Gasteiger partial charge >= 0.3 is 6.09 Å². The van der Waals surface area contributed by atoms with Gasteiger partial charge < -0.3 is 5.32 Å². The van der Waals surface area contributed by atoms with Crippen LogP contribution in [-0.2, 0) is 5.11 Å². The van der Waals surface area contributed by atoms with Crippen LogP contribution in [0, 0.1) is 0 Å². The third-order valence-electron chi connectivity index (χ3n) is 0.678. The van der Waals surface area contributed by atoms with E-state index in [0.29, 0.717) is 0 Å². The van der Waals surface area contributed by atoms with Crippen molar-refractivity contribution in [3.05, 3.63) is 0 Å². The Morgan fingerprint density at radius 3 is 2.20 bits per heavy atom. The lowest BCUT2D eigenvalue weighted by atomic mass is 10.5. The molecule has 0 aromatic carbocycles. The molecule has 1 amide bonds. The normalized spacial score (nSPS) is 11.1. The Bertz CT molecular complexity index is 122. The quantitative estimate of drug-likeness (QED) is 0.688. The van der Waals surface area contributed by atoms with E-state index in [1.54, 1.807) is 0 Å². The fourth-order valence-electron chi connectivity index (χ4n) is 0.306. The van der Waals surface area contributed by atoms with Crippen LogP contribution in [0.25, 0.3) is 0 Å². The van der Waals surface area contributed by atoms with Gasteiger partial charge in [-0.05, 0) is 0 Å². The number of hydrogen-bond acceptors (Lipinski definition) is 1. The summed E-state index contributed by atoms with van der Waals surface area (Å²) in [4.78, 5) is 9.73. The second-order valence-electron chi connectivity index (χ2n) is 1.58. The monoisotopic (exact) mass is 204 g/mol. The lowest BCUT2D eigenvalue weighted by Crippen LogP contribution is -2.24. The van der Waals surface area contributed by atoms with E-state index in [2.05, 4.69) is 0 Å². The van der Waals surface area contributed by atoms with E-state index in [1.807, 2.05) is 5.32 Å². The number of carbonyl (C=O) groups excluding carboxylic acids is 1. The summed E-state index contributed by atoms with van der Waals surface area (Å²) in [6.07, 6.45) is -1.24. The van der Waals surface area contributed by atoms with Crippen molar-refractivity contribution in [2.45, 2.75) is 10.2 Å². The van der Waals surface area contributed by atoms with E-state index in [4.69, 9.17) is 34.8 Å². The second kappa shape index (κ2) is 4.11. The summed E-state index contributed by atoms with van der Waals surface area (Å²) in [6.45, 7) is 0.0822. The van der Waals surface area contributed by atoms with Gasteiger partial charge in [0.2, 0.25) is 0 Å². The van der Waals surface area contributed by atoms with Crippen LogP contribution in [0.1, 0.15) is 6.42 Å². The van der Waals surface area contributed by atoms with E-state index < -0.39 is 9.89 Å². The van der Waals surface area contributed by atoms with Gasteiger partial charge in [0.15, 0.2) is 3.79 Å². The highest BCUT2D eigenvalue weighted by Crippen LogP contribution is 2.29. The van der Waals surface area contributed by atoms with E-state index in [1.165, 1.54) is 0 Å². The molecule has 0 unspecified atom stereocenters. The number of amides is 1. The van der Waals surface area contributed by atoms with Crippen molar-refractivity contribution in [1.82, 2.24) is 5.32 Å². The predicted octanol–water partition coefficient (Wildman–Crippen LogP) is 1.89. The molecule has 0 heterocycles. The summed E-state index contributed by atoms with van der Waals surface area (Å²) in [5, 5.41) is 11.7. The third kappa shape index (κ3) is 8.14. The van der Waals surface area contributed by atoms with E-state index in [-0.39, 0.29) is 13.0 Å². The fraction of sp³-hybridized carbons (Fsp3) is 0.750. The van der Waals surface area contributed by atoms with Gasteiger partial charge in [0.05, 0.1) is 0 Å². The van der Waals surface area contributed by atoms with Crippen molar-refractivity contribution >= 4 is 40.9 Å². The molecule has 1 radical (unpaired) electrons. The van der Waals surface area contributed by atoms with Crippen LogP contribution in [0.3, 0.4) is 0 Å². The summed E-state index contributed by atoms with van der Waals surface area (Å²) in [6, 6.07) is 0. The summed E-state index contributed by atoms with van der Waals surface area (Å²) >= 11 is 15.9. The molecule has 0 aromatic heterocycles. The van der Waals surface area contributed by atoms with Gasteiger partial charge in [-0.2, -0.15) is 0 Å². The van der Waals surface area contributed by atoms with Crippen LogP contribution < -0.4 is 5.32 Å². The first-order valence-corrected chi connectivity index (χ1v) is 3.57. The minimum absolute atomic E-state index is 0.0822. The molecular formula is C4H5Cl3NO2. The number of rotatable bonds is 2. The fourth-order valence-corrected chi connectivity index (χ4v) is 0.590. The number of carbonyl (C=O) groups is 1. The Hall–Kier alpha value is 0.140. The van der Waals surface area contributed by atoms with E-state index in [0.717, 1.165) is 0 Å². The molecule has 0 aliphatic rings. The van der Waals surface area contributed by atoms with Gasteiger partial charge in [0, 0.05) is 13.0 Å². The van der Waals surface area contributed by atoms with Crippen molar-refractivity contribution in [3.8, 4) is 0 Å². The molecule has 0 fully saturated rings. The van der Waals surface area contributed by atoms with Crippen molar-refractivity contribution in [3.63, 3.8) is 0 Å². The standard InChI is InChI=1S/C4H5Cl3NO2/c5-4(6,7)1-2-8-3(9)10/h8H,1-2H2. The maximum absolute atomic E-state index is 9.73. The number of hydrogen-bond donors (Lipinski definition) is 1. The maximum atomic E-state index is 9.73. The van der Waals surface area contributed by atoms with Gasteiger partial charge in [-0.25, -0.2) is 9.90 Å².